The number of rotatable bonds is 3. The number of benzene rings is 1. The summed E-state index contributed by atoms with van der Waals surface area (Å²) in [5.41, 5.74) is 5.64. The average molecular weight is 280 g/mol. The normalized spacial score (nSPS) is 12.6. The zero-order valence-corrected chi connectivity index (χ0v) is 12.9. The second-order valence-electron chi connectivity index (χ2n) is 5.54. The molecule has 0 fully saturated rings. The molecule has 0 aliphatic carbocycles. The summed E-state index contributed by atoms with van der Waals surface area (Å²) in [6, 6.07) is 8.53. The van der Waals surface area contributed by atoms with Gasteiger partial charge in [-0.05, 0) is 44.5 Å². The number of fused-ring (bicyclic) bond motifs is 1. The lowest BCUT2D eigenvalue weighted by Gasteiger charge is -2.17. The fourth-order valence-electron chi connectivity index (χ4n) is 2.79. The van der Waals surface area contributed by atoms with Crippen LogP contribution in [0.25, 0.3) is 10.9 Å². The summed E-state index contributed by atoms with van der Waals surface area (Å²) < 4.78 is 1.86. The third kappa shape index (κ3) is 2.49. The Morgan fingerprint density at radius 1 is 1.19 bits per heavy atom. The van der Waals surface area contributed by atoms with E-state index >= 15 is 0 Å². The number of hydrogen-bond acceptors (Lipinski definition) is 3. The van der Waals surface area contributed by atoms with Crippen molar-refractivity contribution in [3.05, 3.63) is 53.5 Å². The fraction of sp³-hybridized carbons (Fsp3) is 0.294. The summed E-state index contributed by atoms with van der Waals surface area (Å²) in [6.07, 6.45) is 3.91. The second-order valence-corrected chi connectivity index (χ2v) is 5.54. The number of nitrogens with zero attached hydrogens (tertiary/aromatic N) is 3. The minimum absolute atomic E-state index is 0.199. The highest BCUT2D eigenvalue weighted by Gasteiger charge is 2.13. The van der Waals surface area contributed by atoms with Crippen molar-refractivity contribution in [2.24, 2.45) is 7.05 Å². The van der Waals surface area contributed by atoms with E-state index in [1.807, 2.05) is 30.9 Å². The molecule has 0 saturated heterocycles. The largest absolute Gasteiger partial charge is 0.378 e. The maximum absolute atomic E-state index is 4.49. The summed E-state index contributed by atoms with van der Waals surface area (Å²) in [5.74, 6) is 0. The van der Waals surface area contributed by atoms with Crippen LogP contribution in [0, 0.1) is 13.8 Å². The molecule has 0 spiro atoms. The van der Waals surface area contributed by atoms with Gasteiger partial charge in [0, 0.05) is 36.1 Å². The molecular weight excluding hydrogens is 260 g/mol. The number of anilines is 1. The molecule has 3 rings (SSSR count). The van der Waals surface area contributed by atoms with Gasteiger partial charge >= 0.3 is 0 Å². The summed E-state index contributed by atoms with van der Waals surface area (Å²) in [6.45, 7) is 6.29. The molecular formula is C17H20N4. The zero-order chi connectivity index (χ0) is 15.0. The van der Waals surface area contributed by atoms with Crippen LogP contribution in [0.1, 0.15) is 29.8 Å². The first-order chi connectivity index (χ1) is 10.1. The summed E-state index contributed by atoms with van der Waals surface area (Å²) in [7, 11) is 1.95. The van der Waals surface area contributed by atoms with Crippen LogP contribution in [-0.2, 0) is 7.05 Å². The smallest absolute Gasteiger partial charge is 0.0751 e. The molecule has 3 aromatic rings. The Morgan fingerprint density at radius 3 is 2.71 bits per heavy atom. The van der Waals surface area contributed by atoms with Gasteiger partial charge in [-0.15, -0.1) is 0 Å². The topological polar surface area (TPSA) is 42.7 Å². The average Bonchev–Trinajstić information content (AvgIpc) is 2.81. The van der Waals surface area contributed by atoms with Crippen molar-refractivity contribution in [1.82, 2.24) is 14.8 Å². The van der Waals surface area contributed by atoms with Crippen molar-refractivity contribution in [2.45, 2.75) is 26.8 Å². The van der Waals surface area contributed by atoms with Crippen molar-refractivity contribution >= 4 is 16.6 Å². The van der Waals surface area contributed by atoms with Gasteiger partial charge in [0.2, 0.25) is 0 Å². The molecule has 0 aliphatic heterocycles. The SMILES string of the molecule is Cc1nn(C)cc1C(C)Nc1ccc(C)c2ncccc12. The lowest BCUT2D eigenvalue weighted by atomic mass is 10.1. The number of pyridine rings is 1. The fourth-order valence-corrected chi connectivity index (χ4v) is 2.79. The van der Waals surface area contributed by atoms with Crippen molar-refractivity contribution in [2.75, 3.05) is 5.32 Å². The van der Waals surface area contributed by atoms with Crippen molar-refractivity contribution in [3.8, 4) is 0 Å². The van der Waals surface area contributed by atoms with Crippen molar-refractivity contribution in [3.63, 3.8) is 0 Å². The monoisotopic (exact) mass is 280 g/mol. The Hall–Kier alpha value is -2.36. The third-order valence-corrected chi connectivity index (χ3v) is 3.86. The van der Waals surface area contributed by atoms with E-state index in [0.29, 0.717) is 0 Å². The van der Waals surface area contributed by atoms with Gasteiger partial charge in [-0.25, -0.2) is 0 Å². The predicted octanol–water partition coefficient (Wildman–Crippen LogP) is 3.76. The van der Waals surface area contributed by atoms with Crippen LogP contribution in [-0.4, -0.2) is 14.8 Å². The predicted molar refractivity (Wildman–Crippen MR) is 86.5 cm³/mol. The van der Waals surface area contributed by atoms with Crippen LogP contribution < -0.4 is 5.32 Å². The molecule has 21 heavy (non-hydrogen) atoms. The quantitative estimate of drug-likeness (QED) is 0.794. The van der Waals surface area contributed by atoms with Crippen LogP contribution in [0.15, 0.2) is 36.7 Å². The van der Waals surface area contributed by atoms with Gasteiger partial charge in [0.15, 0.2) is 0 Å². The molecule has 1 unspecified atom stereocenters. The van der Waals surface area contributed by atoms with Crippen LogP contribution in [0.5, 0.6) is 0 Å². The van der Waals surface area contributed by atoms with E-state index < -0.39 is 0 Å². The van der Waals surface area contributed by atoms with Crippen LogP contribution >= 0.6 is 0 Å². The van der Waals surface area contributed by atoms with E-state index in [0.717, 1.165) is 22.3 Å². The molecule has 1 aromatic carbocycles. The highest BCUT2D eigenvalue weighted by atomic mass is 15.3. The van der Waals surface area contributed by atoms with Crippen molar-refractivity contribution < 1.29 is 0 Å². The van der Waals surface area contributed by atoms with E-state index in [-0.39, 0.29) is 6.04 Å². The van der Waals surface area contributed by atoms with Crippen LogP contribution in [0.4, 0.5) is 5.69 Å². The lowest BCUT2D eigenvalue weighted by Crippen LogP contribution is -2.07. The molecule has 0 amide bonds. The number of aromatic nitrogens is 3. The third-order valence-electron chi connectivity index (χ3n) is 3.86. The molecule has 0 radical (unpaired) electrons. The molecule has 2 heterocycles. The highest BCUT2D eigenvalue weighted by Crippen LogP contribution is 2.28. The first-order valence-electron chi connectivity index (χ1n) is 7.17. The molecule has 4 heteroatoms. The molecule has 1 N–H and O–H groups in total. The van der Waals surface area contributed by atoms with Gasteiger partial charge in [-0.1, -0.05) is 6.07 Å². The zero-order valence-electron chi connectivity index (χ0n) is 12.9. The van der Waals surface area contributed by atoms with Gasteiger partial charge in [0.05, 0.1) is 17.3 Å². The van der Waals surface area contributed by atoms with Gasteiger partial charge in [-0.3, -0.25) is 9.67 Å². The Balaban J connectivity index is 1.99. The van der Waals surface area contributed by atoms with Crippen LogP contribution in [0.2, 0.25) is 0 Å². The minimum atomic E-state index is 0.199. The lowest BCUT2D eigenvalue weighted by molar-refractivity contribution is 0.756. The summed E-state index contributed by atoms with van der Waals surface area (Å²) in [5, 5.41) is 9.16. The van der Waals surface area contributed by atoms with E-state index in [2.05, 4.69) is 53.6 Å². The van der Waals surface area contributed by atoms with E-state index in [1.165, 1.54) is 11.1 Å². The van der Waals surface area contributed by atoms with Gasteiger partial charge in [0.1, 0.15) is 0 Å². The van der Waals surface area contributed by atoms with E-state index in [9.17, 15) is 0 Å². The number of hydrogen-bond donors (Lipinski definition) is 1. The highest BCUT2D eigenvalue weighted by molar-refractivity contribution is 5.93. The molecule has 0 bridgehead atoms. The number of nitrogens with one attached hydrogen (secondary N) is 1. The maximum atomic E-state index is 4.49. The molecule has 0 aliphatic rings. The Bertz CT molecular complexity index is 789. The van der Waals surface area contributed by atoms with E-state index in [1.54, 1.807) is 0 Å². The Morgan fingerprint density at radius 2 is 2.00 bits per heavy atom. The van der Waals surface area contributed by atoms with Gasteiger partial charge in [-0.2, -0.15) is 5.10 Å². The first kappa shape index (κ1) is 13.6. The molecule has 4 nitrogen and oxygen atoms in total. The van der Waals surface area contributed by atoms with E-state index in [4.69, 9.17) is 0 Å². The molecule has 2 aromatic heterocycles. The van der Waals surface area contributed by atoms with Crippen molar-refractivity contribution in [1.29, 1.82) is 0 Å². The van der Waals surface area contributed by atoms with Gasteiger partial charge < -0.3 is 5.32 Å². The first-order valence-corrected chi connectivity index (χ1v) is 7.17. The summed E-state index contributed by atoms with van der Waals surface area (Å²) in [4.78, 5) is 4.49. The maximum Gasteiger partial charge on any atom is 0.0751 e. The van der Waals surface area contributed by atoms with Crippen LogP contribution in [0.3, 0.4) is 0 Å². The Labute approximate surface area is 124 Å². The standard InChI is InChI=1S/C17H20N4/c1-11-7-8-16(14-6-5-9-18-17(11)14)19-12(2)15-10-21(4)20-13(15)3/h5-10,12,19H,1-4H3. The minimum Gasteiger partial charge on any atom is -0.378 e. The Kier molecular flexibility index (Phi) is 3.37. The molecule has 0 saturated carbocycles. The summed E-state index contributed by atoms with van der Waals surface area (Å²) >= 11 is 0. The number of aryl methyl sites for hydroxylation is 3. The van der Waals surface area contributed by atoms with Gasteiger partial charge in [0.25, 0.3) is 0 Å². The molecule has 1 atom stereocenters. The second kappa shape index (κ2) is 5.20. The molecule has 108 valence electrons.